The highest BCUT2D eigenvalue weighted by molar-refractivity contribution is 14.1. The summed E-state index contributed by atoms with van der Waals surface area (Å²) in [5, 5.41) is 0.556. The zero-order valence-electron chi connectivity index (χ0n) is 22.4. The molecule has 6 nitrogen and oxygen atoms in total. The largest absolute Gasteiger partial charge is 0.489 e. The summed E-state index contributed by atoms with van der Waals surface area (Å²) in [6.45, 7) is 5.93. The van der Waals surface area contributed by atoms with Gasteiger partial charge in [-0.2, -0.15) is 0 Å². The number of halogens is 3. The van der Waals surface area contributed by atoms with Crippen LogP contribution in [0.15, 0.2) is 82.1 Å². The third-order valence-electron chi connectivity index (χ3n) is 6.23. The van der Waals surface area contributed by atoms with Gasteiger partial charge in [0.25, 0.3) is 5.56 Å². The molecule has 1 atom stereocenters. The first-order valence-corrected chi connectivity index (χ1v) is 16.2. The number of benzene rings is 3. The Morgan fingerprint density at radius 3 is 2.37 bits per heavy atom. The molecular formula is C31H25ClI2N2O4S. The van der Waals surface area contributed by atoms with E-state index < -0.39 is 12.0 Å². The molecule has 0 aliphatic carbocycles. The number of carbonyl (C=O) groups is 1. The minimum Gasteiger partial charge on any atom is -0.489 e. The normalized spacial score (nSPS) is 15.1. The van der Waals surface area contributed by atoms with Gasteiger partial charge < -0.3 is 9.47 Å². The summed E-state index contributed by atoms with van der Waals surface area (Å²) in [6, 6.07) is 19.9. The van der Waals surface area contributed by atoms with Gasteiger partial charge in [-0.05, 0) is 107 Å². The maximum absolute atomic E-state index is 14.1. The van der Waals surface area contributed by atoms with Gasteiger partial charge in [-0.3, -0.25) is 9.36 Å². The molecular weight excluding hydrogens is 786 g/mol. The average molecular weight is 811 g/mol. The minimum atomic E-state index is -0.748. The first-order valence-electron chi connectivity index (χ1n) is 12.9. The summed E-state index contributed by atoms with van der Waals surface area (Å²) in [7, 11) is 0. The van der Waals surface area contributed by atoms with Gasteiger partial charge in [0.15, 0.2) is 4.80 Å². The van der Waals surface area contributed by atoms with E-state index in [9.17, 15) is 9.59 Å². The van der Waals surface area contributed by atoms with Crippen LogP contribution >= 0.6 is 68.1 Å². The molecule has 1 aromatic heterocycles. The monoisotopic (exact) mass is 810 g/mol. The molecule has 3 aromatic carbocycles. The second kappa shape index (κ2) is 12.8. The molecule has 0 fully saturated rings. The van der Waals surface area contributed by atoms with Crippen LogP contribution in [-0.4, -0.2) is 23.2 Å². The van der Waals surface area contributed by atoms with Crippen molar-refractivity contribution in [2.75, 3.05) is 6.61 Å². The van der Waals surface area contributed by atoms with Crippen LogP contribution in [0.1, 0.15) is 43.5 Å². The van der Waals surface area contributed by atoms with E-state index in [0.29, 0.717) is 25.6 Å². The molecule has 4 aromatic rings. The van der Waals surface area contributed by atoms with Gasteiger partial charge in [0.1, 0.15) is 5.75 Å². The zero-order chi connectivity index (χ0) is 29.3. The zero-order valence-corrected chi connectivity index (χ0v) is 28.2. The Bertz CT molecular complexity index is 1810. The van der Waals surface area contributed by atoms with Crippen LogP contribution in [0.25, 0.3) is 11.8 Å². The van der Waals surface area contributed by atoms with Crippen molar-refractivity contribution < 1.29 is 14.3 Å². The standard InChI is InChI=1S/C31H25ClI2N2O4S/c1-4-39-30(38)25-26(19-8-6-5-7-9-19)35-31-36(27(25)20-10-12-21(32)13-11-20)29(37)24(41-31)16-18-14-22(33)28(23(34)15-18)40-17(2)3/h5-17,27H,4H2,1-3H3/b24-16-/t27-/m0/s1. The fourth-order valence-electron chi connectivity index (χ4n) is 4.56. The number of rotatable bonds is 7. The lowest BCUT2D eigenvalue weighted by Crippen LogP contribution is -2.40. The molecule has 1 aliphatic heterocycles. The summed E-state index contributed by atoms with van der Waals surface area (Å²) < 4.78 is 15.5. The minimum absolute atomic E-state index is 0.0480. The number of fused-ring (bicyclic) bond motifs is 1. The van der Waals surface area contributed by atoms with Crippen LogP contribution in [0, 0.1) is 7.14 Å². The summed E-state index contributed by atoms with van der Waals surface area (Å²) in [5.41, 5.74) is 2.91. The SMILES string of the molecule is CCOC(=O)C1=C(c2ccccc2)N=c2s/c(=C\c3cc(I)c(OC(C)C)c(I)c3)c(=O)n2[C@H]1c1ccc(Cl)cc1. The van der Waals surface area contributed by atoms with E-state index in [4.69, 9.17) is 26.1 Å². The number of hydrogen-bond acceptors (Lipinski definition) is 6. The fraction of sp³-hybridized carbons (Fsp3) is 0.194. The van der Waals surface area contributed by atoms with Crippen molar-refractivity contribution >= 4 is 85.9 Å². The topological polar surface area (TPSA) is 69.9 Å². The number of aromatic nitrogens is 1. The molecule has 0 saturated carbocycles. The molecule has 0 amide bonds. The third kappa shape index (κ3) is 6.32. The summed E-state index contributed by atoms with van der Waals surface area (Å²) >= 11 is 12.0. The van der Waals surface area contributed by atoms with Gasteiger partial charge in [0.2, 0.25) is 0 Å². The molecule has 2 heterocycles. The Hall–Kier alpha value is -2.48. The molecule has 0 saturated heterocycles. The maximum atomic E-state index is 14.1. The van der Waals surface area contributed by atoms with E-state index in [0.717, 1.165) is 29.6 Å². The van der Waals surface area contributed by atoms with Crippen molar-refractivity contribution in [1.82, 2.24) is 4.57 Å². The molecule has 0 unspecified atom stereocenters. The smallest absolute Gasteiger partial charge is 0.338 e. The van der Waals surface area contributed by atoms with Crippen molar-refractivity contribution in [2.45, 2.75) is 32.9 Å². The van der Waals surface area contributed by atoms with Crippen LogP contribution in [0.5, 0.6) is 5.75 Å². The van der Waals surface area contributed by atoms with E-state index in [1.807, 2.05) is 74.5 Å². The van der Waals surface area contributed by atoms with Crippen molar-refractivity contribution in [3.05, 3.63) is 121 Å². The first-order chi connectivity index (χ1) is 19.7. The van der Waals surface area contributed by atoms with Gasteiger partial charge in [-0.1, -0.05) is 65.4 Å². The molecule has 0 N–H and O–H groups in total. The Labute approximate surface area is 273 Å². The van der Waals surface area contributed by atoms with Crippen molar-refractivity contribution in [2.24, 2.45) is 4.99 Å². The van der Waals surface area contributed by atoms with Gasteiger partial charge in [0.05, 0.1) is 41.7 Å². The number of nitrogens with zero attached hydrogens (tertiary/aromatic N) is 2. The van der Waals surface area contributed by atoms with Crippen LogP contribution < -0.4 is 19.6 Å². The third-order valence-corrected chi connectivity index (χ3v) is 9.07. The average Bonchev–Trinajstić information content (AvgIpc) is 3.25. The van der Waals surface area contributed by atoms with Gasteiger partial charge in [0, 0.05) is 10.6 Å². The van der Waals surface area contributed by atoms with Crippen molar-refractivity contribution in [1.29, 1.82) is 0 Å². The lowest BCUT2D eigenvalue weighted by Gasteiger charge is -2.25. The first kappa shape index (κ1) is 30.0. The molecule has 210 valence electrons. The van der Waals surface area contributed by atoms with E-state index in [2.05, 4.69) is 45.2 Å². The Kier molecular flexibility index (Phi) is 9.37. The second-order valence-electron chi connectivity index (χ2n) is 9.46. The Morgan fingerprint density at radius 2 is 1.76 bits per heavy atom. The number of hydrogen-bond donors (Lipinski definition) is 0. The highest BCUT2D eigenvalue weighted by atomic mass is 127. The molecule has 10 heteroatoms. The van der Waals surface area contributed by atoms with Gasteiger partial charge in [-0.15, -0.1) is 0 Å². The van der Waals surface area contributed by atoms with Crippen LogP contribution in [0.3, 0.4) is 0 Å². The summed E-state index contributed by atoms with van der Waals surface area (Å²) in [6.07, 6.45) is 1.91. The molecule has 0 radical (unpaired) electrons. The van der Waals surface area contributed by atoms with E-state index >= 15 is 0 Å². The quantitative estimate of drug-likeness (QED) is 0.156. The molecule has 0 spiro atoms. The highest BCUT2D eigenvalue weighted by Gasteiger charge is 2.35. The van der Waals surface area contributed by atoms with Crippen LogP contribution in [-0.2, 0) is 9.53 Å². The second-order valence-corrected chi connectivity index (χ2v) is 13.2. The molecule has 1 aliphatic rings. The van der Waals surface area contributed by atoms with E-state index in [1.54, 1.807) is 23.6 Å². The van der Waals surface area contributed by atoms with Crippen LogP contribution in [0.2, 0.25) is 5.02 Å². The molecule has 5 rings (SSSR count). The fourth-order valence-corrected chi connectivity index (χ4v) is 7.76. The highest BCUT2D eigenvalue weighted by Crippen LogP contribution is 2.35. The number of carbonyl (C=O) groups excluding carboxylic acids is 1. The van der Waals surface area contributed by atoms with Crippen molar-refractivity contribution in [3.63, 3.8) is 0 Å². The van der Waals surface area contributed by atoms with Gasteiger partial charge >= 0.3 is 5.97 Å². The lowest BCUT2D eigenvalue weighted by atomic mass is 9.93. The molecule has 0 bridgehead atoms. The predicted octanol–water partition coefficient (Wildman–Crippen LogP) is 6.59. The maximum Gasteiger partial charge on any atom is 0.338 e. The lowest BCUT2D eigenvalue weighted by molar-refractivity contribution is -0.138. The van der Waals surface area contributed by atoms with E-state index in [1.165, 1.54) is 11.3 Å². The van der Waals surface area contributed by atoms with Gasteiger partial charge in [-0.25, -0.2) is 9.79 Å². The number of ether oxygens (including phenoxy) is 2. The Balaban J connectivity index is 1.77. The number of thiazole rings is 1. The summed E-state index contributed by atoms with van der Waals surface area (Å²) in [4.78, 5) is 33.0. The van der Waals surface area contributed by atoms with E-state index in [-0.39, 0.29) is 18.3 Å². The molecule has 41 heavy (non-hydrogen) atoms. The number of esters is 1. The predicted molar refractivity (Wildman–Crippen MR) is 180 cm³/mol. The van der Waals surface area contributed by atoms with Crippen molar-refractivity contribution in [3.8, 4) is 5.75 Å². The van der Waals surface area contributed by atoms with Crippen LogP contribution in [0.4, 0.5) is 0 Å². The Morgan fingerprint density at radius 1 is 1.10 bits per heavy atom. The summed E-state index contributed by atoms with van der Waals surface area (Å²) in [5.74, 6) is 0.309.